The summed E-state index contributed by atoms with van der Waals surface area (Å²) in [6, 6.07) is 5.90. The molecule has 1 aliphatic rings. The average Bonchev–Trinajstić information content (AvgIpc) is 3.07. The highest BCUT2D eigenvalue weighted by molar-refractivity contribution is 9.10. The van der Waals surface area contributed by atoms with Gasteiger partial charge in [-0.05, 0) is 53.2 Å². The van der Waals surface area contributed by atoms with Gasteiger partial charge in [-0.3, -0.25) is 4.79 Å². The van der Waals surface area contributed by atoms with Gasteiger partial charge < -0.3 is 5.32 Å². The van der Waals surface area contributed by atoms with Crippen LogP contribution >= 0.6 is 15.9 Å². The Bertz CT molecular complexity index is 412. The van der Waals surface area contributed by atoms with Crippen LogP contribution in [0.4, 0.5) is 5.69 Å². The lowest BCUT2D eigenvalue weighted by Crippen LogP contribution is -2.22. The SMILES string of the molecule is Cc1cccc(NC(=O)C(C)C2CC2)c1Br. The number of nitrogens with one attached hydrogen (secondary N) is 1. The minimum absolute atomic E-state index is 0.132. The quantitative estimate of drug-likeness (QED) is 0.899. The van der Waals surface area contributed by atoms with E-state index in [-0.39, 0.29) is 11.8 Å². The van der Waals surface area contributed by atoms with Gasteiger partial charge in [0.1, 0.15) is 0 Å². The Morgan fingerprint density at radius 1 is 1.50 bits per heavy atom. The summed E-state index contributed by atoms with van der Waals surface area (Å²) in [5.41, 5.74) is 2.01. The maximum absolute atomic E-state index is 11.9. The van der Waals surface area contributed by atoms with E-state index in [4.69, 9.17) is 0 Å². The van der Waals surface area contributed by atoms with Gasteiger partial charge in [0.2, 0.25) is 5.91 Å². The van der Waals surface area contributed by atoms with Crippen molar-refractivity contribution in [1.29, 1.82) is 0 Å². The van der Waals surface area contributed by atoms with Crippen LogP contribution in [0.25, 0.3) is 0 Å². The molecule has 2 nitrogen and oxygen atoms in total. The normalized spacial score (nSPS) is 16.9. The van der Waals surface area contributed by atoms with E-state index in [2.05, 4.69) is 21.2 Å². The van der Waals surface area contributed by atoms with Crippen molar-refractivity contribution >= 4 is 27.5 Å². The summed E-state index contributed by atoms with van der Waals surface area (Å²) in [7, 11) is 0. The number of carbonyl (C=O) groups is 1. The van der Waals surface area contributed by atoms with Gasteiger partial charge in [-0.2, -0.15) is 0 Å². The summed E-state index contributed by atoms with van der Waals surface area (Å²) in [6.45, 7) is 4.03. The molecule has 0 radical (unpaired) electrons. The van der Waals surface area contributed by atoms with E-state index < -0.39 is 0 Å². The zero-order valence-corrected chi connectivity index (χ0v) is 11.2. The minimum Gasteiger partial charge on any atom is -0.325 e. The second kappa shape index (κ2) is 4.58. The zero-order valence-electron chi connectivity index (χ0n) is 9.59. The van der Waals surface area contributed by atoms with Crippen LogP contribution in [0.3, 0.4) is 0 Å². The summed E-state index contributed by atoms with van der Waals surface area (Å²) in [5.74, 6) is 0.866. The predicted octanol–water partition coefficient (Wildman–Crippen LogP) is 3.74. The van der Waals surface area contributed by atoms with Crippen molar-refractivity contribution in [3.05, 3.63) is 28.2 Å². The Labute approximate surface area is 105 Å². The van der Waals surface area contributed by atoms with Gasteiger partial charge in [0.15, 0.2) is 0 Å². The molecule has 0 bridgehead atoms. The first kappa shape index (κ1) is 11.6. The fourth-order valence-electron chi connectivity index (χ4n) is 1.80. The molecule has 16 heavy (non-hydrogen) atoms. The molecule has 3 heteroatoms. The van der Waals surface area contributed by atoms with Gasteiger partial charge in [0.25, 0.3) is 0 Å². The lowest BCUT2D eigenvalue weighted by molar-refractivity contribution is -0.119. The highest BCUT2D eigenvalue weighted by atomic mass is 79.9. The molecule has 1 fully saturated rings. The Hall–Kier alpha value is -0.830. The molecule has 1 aromatic carbocycles. The van der Waals surface area contributed by atoms with E-state index in [9.17, 15) is 4.79 Å². The number of amides is 1. The Kier molecular flexibility index (Phi) is 3.33. The van der Waals surface area contributed by atoms with Gasteiger partial charge in [0, 0.05) is 10.4 Å². The number of rotatable bonds is 3. The van der Waals surface area contributed by atoms with Crippen LogP contribution in [0.15, 0.2) is 22.7 Å². The van der Waals surface area contributed by atoms with Crippen molar-refractivity contribution in [3.8, 4) is 0 Å². The smallest absolute Gasteiger partial charge is 0.227 e. The third-order valence-electron chi connectivity index (χ3n) is 3.19. The van der Waals surface area contributed by atoms with E-state index in [1.165, 1.54) is 12.8 Å². The molecular weight excluding hydrogens is 266 g/mol. The molecule has 1 unspecified atom stereocenters. The van der Waals surface area contributed by atoms with E-state index in [1.807, 2.05) is 32.0 Å². The van der Waals surface area contributed by atoms with Crippen LogP contribution in [0.5, 0.6) is 0 Å². The molecule has 0 aliphatic heterocycles. The molecular formula is C13H16BrNO. The Morgan fingerprint density at radius 3 is 2.81 bits per heavy atom. The second-order valence-electron chi connectivity index (χ2n) is 4.55. The van der Waals surface area contributed by atoms with Crippen molar-refractivity contribution < 1.29 is 4.79 Å². The van der Waals surface area contributed by atoms with Crippen LogP contribution in [0, 0.1) is 18.8 Å². The summed E-state index contributed by atoms with van der Waals surface area (Å²) in [4.78, 5) is 11.9. The van der Waals surface area contributed by atoms with Crippen molar-refractivity contribution in [2.75, 3.05) is 5.32 Å². The van der Waals surface area contributed by atoms with Gasteiger partial charge in [-0.15, -0.1) is 0 Å². The lowest BCUT2D eigenvalue weighted by atomic mass is 10.1. The third kappa shape index (κ3) is 2.46. The summed E-state index contributed by atoms with van der Waals surface area (Å²) in [5, 5.41) is 2.99. The number of hydrogen-bond acceptors (Lipinski definition) is 1. The zero-order chi connectivity index (χ0) is 11.7. The first-order valence-electron chi connectivity index (χ1n) is 5.65. The molecule has 86 valence electrons. The van der Waals surface area contributed by atoms with Crippen LogP contribution < -0.4 is 5.32 Å². The number of benzene rings is 1. The summed E-state index contributed by atoms with van der Waals surface area (Å²) < 4.78 is 0.978. The third-order valence-corrected chi connectivity index (χ3v) is 4.24. The van der Waals surface area contributed by atoms with Crippen molar-refractivity contribution in [1.82, 2.24) is 0 Å². The van der Waals surface area contributed by atoms with E-state index in [1.54, 1.807) is 0 Å². The molecule has 1 N–H and O–H groups in total. The van der Waals surface area contributed by atoms with E-state index in [0.29, 0.717) is 5.92 Å². The standard InChI is InChI=1S/C13H16BrNO/c1-8-4-3-5-11(12(8)14)15-13(16)9(2)10-6-7-10/h3-5,9-10H,6-7H2,1-2H3,(H,15,16). The predicted molar refractivity (Wildman–Crippen MR) is 69.4 cm³/mol. The topological polar surface area (TPSA) is 29.1 Å². The fraction of sp³-hybridized carbons (Fsp3) is 0.462. The molecule has 1 saturated carbocycles. The molecule has 1 aliphatic carbocycles. The molecule has 2 rings (SSSR count). The van der Waals surface area contributed by atoms with Crippen molar-refractivity contribution in [2.24, 2.45) is 11.8 Å². The maximum atomic E-state index is 11.9. The second-order valence-corrected chi connectivity index (χ2v) is 5.34. The first-order valence-corrected chi connectivity index (χ1v) is 6.45. The summed E-state index contributed by atoms with van der Waals surface area (Å²) >= 11 is 3.50. The van der Waals surface area contributed by atoms with E-state index >= 15 is 0 Å². The Balaban J connectivity index is 2.08. The lowest BCUT2D eigenvalue weighted by Gasteiger charge is -2.13. The first-order chi connectivity index (χ1) is 7.59. The molecule has 1 amide bonds. The molecule has 0 saturated heterocycles. The highest BCUT2D eigenvalue weighted by Gasteiger charge is 2.32. The maximum Gasteiger partial charge on any atom is 0.227 e. The number of anilines is 1. The van der Waals surface area contributed by atoms with E-state index in [0.717, 1.165) is 15.7 Å². The van der Waals surface area contributed by atoms with Crippen molar-refractivity contribution in [2.45, 2.75) is 26.7 Å². The summed E-state index contributed by atoms with van der Waals surface area (Å²) in [6.07, 6.45) is 2.40. The van der Waals surface area contributed by atoms with Crippen LogP contribution in [0.2, 0.25) is 0 Å². The van der Waals surface area contributed by atoms with Gasteiger partial charge in [-0.1, -0.05) is 19.1 Å². The number of halogens is 1. The molecule has 0 spiro atoms. The van der Waals surface area contributed by atoms with Crippen molar-refractivity contribution in [3.63, 3.8) is 0 Å². The molecule has 0 heterocycles. The van der Waals surface area contributed by atoms with Gasteiger partial charge in [-0.25, -0.2) is 0 Å². The highest BCUT2D eigenvalue weighted by Crippen LogP contribution is 2.37. The Morgan fingerprint density at radius 2 is 2.19 bits per heavy atom. The number of aryl methyl sites for hydroxylation is 1. The molecule has 1 aromatic rings. The minimum atomic E-state index is 0.132. The fourth-order valence-corrected chi connectivity index (χ4v) is 2.16. The van der Waals surface area contributed by atoms with Gasteiger partial charge >= 0.3 is 0 Å². The number of carbonyl (C=O) groups excluding carboxylic acids is 1. The van der Waals surface area contributed by atoms with Crippen LogP contribution in [-0.4, -0.2) is 5.91 Å². The largest absolute Gasteiger partial charge is 0.325 e. The average molecular weight is 282 g/mol. The molecule has 0 aromatic heterocycles. The molecule has 1 atom stereocenters. The number of hydrogen-bond donors (Lipinski definition) is 1. The monoisotopic (exact) mass is 281 g/mol. The van der Waals surface area contributed by atoms with Crippen LogP contribution in [0.1, 0.15) is 25.3 Å². The van der Waals surface area contributed by atoms with Crippen LogP contribution in [-0.2, 0) is 4.79 Å². The van der Waals surface area contributed by atoms with Gasteiger partial charge in [0.05, 0.1) is 5.69 Å².